The summed E-state index contributed by atoms with van der Waals surface area (Å²) in [6, 6.07) is 6.31. The predicted octanol–water partition coefficient (Wildman–Crippen LogP) is 2.90. The van der Waals surface area contributed by atoms with Gasteiger partial charge in [-0.2, -0.15) is 0 Å². The maximum absolute atomic E-state index is 12.6. The van der Waals surface area contributed by atoms with Crippen LogP contribution in [0.2, 0.25) is 0 Å². The van der Waals surface area contributed by atoms with E-state index in [1.54, 1.807) is 32.2 Å². The first kappa shape index (κ1) is 22.9. The van der Waals surface area contributed by atoms with Crippen LogP contribution in [0.3, 0.4) is 0 Å². The largest absolute Gasteiger partial charge is 0.497 e. The molecule has 2 rings (SSSR count). The van der Waals surface area contributed by atoms with Gasteiger partial charge in [-0.05, 0) is 29.7 Å². The molecule has 1 aliphatic rings. The zero-order valence-electron chi connectivity index (χ0n) is 16.5. The van der Waals surface area contributed by atoms with Crippen molar-refractivity contribution < 1.29 is 24.2 Å². The molecule has 0 radical (unpaired) electrons. The number of nitrogens with zero attached hydrogens (tertiary/aromatic N) is 1. The number of thioether (sulfide) groups is 1. The van der Waals surface area contributed by atoms with Crippen LogP contribution in [0.15, 0.2) is 29.2 Å². The van der Waals surface area contributed by atoms with Crippen LogP contribution in [0.4, 0.5) is 0 Å². The number of benzene rings is 1. The van der Waals surface area contributed by atoms with Gasteiger partial charge >= 0.3 is 5.97 Å². The number of carboxylic acid groups (broad SMARTS) is 1. The predicted molar refractivity (Wildman–Crippen MR) is 117 cm³/mol. The van der Waals surface area contributed by atoms with E-state index in [9.17, 15) is 19.5 Å². The van der Waals surface area contributed by atoms with Gasteiger partial charge in [0.15, 0.2) is 0 Å². The molecule has 1 aromatic rings. The van der Waals surface area contributed by atoms with Gasteiger partial charge < -0.3 is 15.2 Å². The third-order valence-corrected chi connectivity index (χ3v) is 6.02. The van der Waals surface area contributed by atoms with Crippen LogP contribution in [-0.2, 0) is 14.4 Å². The molecule has 1 aliphatic heterocycles. The fraction of sp³-hybridized carbons (Fsp3) is 0.400. The van der Waals surface area contributed by atoms with E-state index in [2.05, 4.69) is 5.32 Å². The summed E-state index contributed by atoms with van der Waals surface area (Å²) >= 11 is 6.45. The van der Waals surface area contributed by atoms with Crippen molar-refractivity contribution in [2.24, 2.45) is 5.92 Å². The Morgan fingerprint density at radius 1 is 1.34 bits per heavy atom. The highest BCUT2D eigenvalue weighted by atomic mass is 32.2. The second-order valence-electron chi connectivity index (χ2n) is 6.63. The van der Waals surface area contributed by atoms with Crippen LogP contribution in [-0.4, -0.2) is 51.8 Å². The van der Waals surface area contributed by atoms with Crippen LogP contribution in [0.5, 0.6) is 5.75 Å². The quantitative estimate of drug-likeness (QED) is 0.454. The minimum absolute atomic E-state index is 0.0253. The Morgan fingerprint density at radius 3 is 2.55 bits per heavy atom. The molecule has 1 aromatic carbocycles. The molecule has 2 N–H and O–H groups in total. The number of carbonyl (C=O) groups excluding carboxylic acids is 2. The lowest BCUT2D eigenvalue weighted by Crippen LogP contribution is -2.46. The number of nitrogens with one attached hydrogen (secondary N) is 1. The Bertz CT molecular complexity index is 823. The van der Waals surface area contributed by atoms with E-state index in [4.69, 9.17) is 17.0 Å². The van der Waals surface area contributed by atoms with Gasteiger partial charge in [0.25, 0.3) is 5.91 Å². The Kier molecular flexibility index (Phi) is 8.21. The second kappa shape index (κ2) is 10.4. The lowest BCUT2D eigenvalue weighted by Gasteiger charge is -2.21. The third kappa shape index (κ3) is 6.04. The third-order valence-electron chi connectivity index (χ3n) is 4.65. The van der Waals surface area contributed by atoms with Gasteiger partial charge in [0.1, 0.15) is 16.1 Å². The highest BCUT2D eigenvalue weighted by Crippen LogP contribution is 2.32. The molecule has 0 aliphatic carbocycles. The molecule has 29 heavy (non-hydrogen) atoms. The van der Waals surface area contributed by atoms with Gasteiger partial charge in [-0.15, -0.1) is 0 Å². The summed E-state index contributed by atoms with van der Waals surface area (Å²) in [5.41, 5.74) is 0.835. The van der Waals surface area contributed by atoms with E-state index in [1.807, 2.05) is 19.1 Å². The van der Waals surface area contributed by atoms with Crippen molar-refractivity contribution >= 4 is 52.2 Å². The summed E-state index contributed by atoms with van der Waals surface area (Å²) in [5, 5.41) is 11.8. The molecule has 0 saturated carbocycles. The number of hydrogen-bond acceptors (Lipinski definition) is 6. The average molecular weight is 437 g/mol. The van der Waals surface area contributed by atoms with Crippen molar-refractivity contribution in [3.05, 3.63) is 34.7 Å². The van der Waals surface area contributed by atoms with Gasteiger partial charge in [-0.3, -0.25) is 14.5 Å². The molecule has 0 spiro atoms. The molecule has 1 heterocycles. The van der Waals surface area contributed by atoms with Gasteiger partial charge in [0, 0.05) is 13.0 Å². The minimum Gasteiger partial charge on any atom is -0.497 e. The first-order valence-corrected chi connectivity index (χ1v) is 10.4. The number of thiocarbonyl (C=S) groups is 1. The topological polar surface area (TPSA) is 95.9 Å². The highest BCUT2D eigenvalue weighted by Gasteiger charge is 2.32. The van der Waals surface area contributed by atoms with Crippen LogP contribution in [0, 0.1) is 5.92 Å². The number of aliphatic carboxylic acids is 1. The Morgan fingerprint density at radius 2 is 2.00 bits per heavy atom. The molecular formula is C20H24N2O5S2. The number of carboxylic acids is 1. The van der Waals surface area contributed by atoms with Gasteiger partial charge in [0.05, 0.1) is 12.0 Å². The summed E-state index contributed by atoms with van der Waals surface area (Å²) in [6.45, 7) is 3.73. The zero-order valence-corrected chi connectivity index (χ0v) is 18.1. The average Bonchev–Trinajstić information content (AvgIpc) is 2.97. The Hall–Kier alpha value is -2.39. The number of carbonyl (C=O) groups is 3. The fourth-order valence-electron chi connectivity index (χ4n) is 2.69. The van der Waals surface area contributed by atoms with Crippen LogP contribution < -0.4 is 10.1 Å². The summed E-state index contributed by atoms with van der Waals surface area (Å²) in [7, 11) is 1.58. The molecule has 2 amide bonds. The van der Waals surface area contributed by atoms with Crippen molar-refractivity contribution in [3.63, 3.8) is 0 Å². The minimum atomic E-state index is -1.07. The summed E-state index contributed by atoms with van der Waals surface area (Å²) in [5.74, 6) is -1.23. The Balaban J connectivity index is 1.98. The summed E-state index contributed by atoms with van der Waals surface area (Å²) < 4.78 is 5.49. The maximum atomic E-state index is 12.6. The van der Waals surface area contributed by atoms with Crippen molar-refractivity contribution in [1.82, 2.24) is 10.2 Å². The van der Waals surface area contributed by atoms with E-state index >= 15 is 0 Å². The standard InChI is InChI=1S/C20H24N2O5S2/c1-4-12(2)17(19(25)26)21-16(23)9-10-22-18(24)15(29-20(22)28)11-13-5-7-14(27-3)8-6-13/h5-8,11-12,17H,4,9-10H2,1-3H3,(H,21,23)(H,25,26). The summed E-state index contributed by atoms with van der Waals surface area (Å²) in [4.78, 5) is 38.0. The zero-order chi connectivity index (χ0) is 21.6. The smallest absolute Gasteiger partial charge is 0.326 e. The molecule has 2 atom stereocenters. The van der Waals surface area contributed by atoms with Crippen molar-refractivity contribution in [1.29, 1.82) is 0 Å². The Labute approximate surface area is 179 Å². The lowest BCUT2D eigenvalue weighted by atomic mass is 9.99. The van der Waals surface area contributed by atoms with Gasteiger partial charge in [0.2, 0.25) is 5.91 Å². The first-order chi connectivity index (χ1) is 13.8. The van der Waals surface area contributed by atoms with E-state index < -0.39 is 17.9 Å². The molecule has 0 aromatic heterocycles. The van der Waals surface area contributed by atoms with Crippen LogP contribution in [0.1, 0.15) is 32.3 Å². The molecule has 9 heteroatoms. The van der Waals surface area contributed by atoms with Gasteiger partial charge in [-0.25, -0.2) is 4.79 Å². The number of rotatable bonds is 9. The first-order valence-electron chi connectivity index (χ1n) is 9.18. The number of methoxy groups -OCH3 is 1. The van der Waals surface area contributed by atoms with Crippen molar-refractivity contribution in [2.75, 3.05) is 13.7 Å². The SMILES string of the molecule is CCC(C)C(NC(=O)CCN1C(=O)C(=Cc2ccc(OC)cc2)SC1=S)C(=O)O. The molecule has 0 bridgehead atoms. The van der Waals surface area contributed by atoms with E-state index in [0.717, 1.165) is 11.3 Å². The highest BCUT2D eigenvalue weighted by molar-refractivity contribution is 8.26. The monoisotopic (exact) mass is 436 g/mol. The second-order valence-corrected chi connectivity index (χ2v) is 8.30. The van der Waals surface area contributed by atoms with Crippen molar-refractivity contribution in [2.45, 2.75) is 32.7 Å². The van der Waals surface area contributed by atoms with Crippen LogP contribution >= 0.6 is 24.0 Å². The number of hydrogen-bond donors (Lipinski definition) is 2. The molecule has 7 nitrogen and oxygen atoms in total. The van der Waals surface area contributed by atoms with E-state index in [1.165, 1.54) is 16.7 Å². The van der Waals surface area contributed by atoms with Crippen molar-refractivity contribution in [3.8, 4) is 5.75 Å². The molecule has 1 fully saturated rings. The van der Waals surface area contributed by atoms with E-state index in [-0.39, 0.29) is 24.8 Å². The lowest BCUT2D eigenvalue weighted by molar-refractivity contribution is -0.143. The number of amides is 2. The number of ether oxygens (including phenoxy) is 1. The molecular weight excluding hydrogens is 412 g/mol. The maximum Gasteiger partial charge on any atom is 0.326 e. The summed E-state index contributed by atoms with van der Waals surface area (Å²) in [6.07, 6.45) is 2.34. The molecule has 1 saturated heterocycles. The normalized spacial score (nSPS) is 17.3. The van der Waals surface area contributed by atoms with E-state index in [0.29, 0.717) is 15.6 Å². The van der Waals surface area contributed by atoms with Gasteiger partial charge in [-0.1, -0.05) is 56.4 Å². The van der Waals surface area contributed by atoms with Crippen LogP contribution in [0.25, 0.3) is 6.08 Å². The molecule has 156 valence electrons. The molecule has 2 unspecified atom stereocenters. The fourth-order valence-corrected chi connectivity index (χ4v) is 3.99.